The zero-order valence-electron chi connectivity index (χ0n) is 10.9. The molecule has 1 N–H and O–H groups in total. The molecule has 0 aliphatic carbocycles. The zero-order chi connectivity index (χ0) is 15.6. The van der Waals surface area contributed by atoms with E-state index >= 15 is 0 Å². The Morgan fingerprint density at radius 2 is 1.90 bits per heavy atom. The Morgan fingerprint density at radius 3 is 2.52 bits per heavy atom. The normalized spacial score (nSPS) is 12.0. The number of nitrogens with zero attached hydrogens (tertiary/aromatic N) is 1. The highest BCUT2D eigenvalue weighted by atomic mass is 79.9. The van der Waals surface area contributed by atoms with Gasteiger partial charge in [-0.3, -0.25) is 10.1 Å². The number of hydrogen-bond donors (Lipinski definition) is 1. The van der Waals surface area contributed by atoms with Crippen molar-refractivity contribution in [3.63, 3.8) is 0 Å². The summed E-state index contributed by atoms with van der Waals surface area (Å²) in [7, 11) is 0. The first-order valence-corrected chi connectivity index (χ1v) is 6.84. The van der Waals surface area contributed by atoms with Gasteiger partial charge in [-0.05, 0) is 24.6 Å². The van der Waals surface area contributed by atoms with Crippen molar-refractivity contribution in [3.8, 4) is 0 Å². The van der Waals surface area contributed by atoms with Gasteiger partial charge in [0.05, 0.1) is 4.92 Å². The quantitative estimate of drug-likeness (QED) is 0.631. The molecule has 0 aliphatic rings. The molecule has 21 heavy (non-hydrogen) atoms. The van der Waals surface area contributed by atoms with Crippen LogP contribution in [-0.4, -0.2) is 4.92 Å². The molecule has 0 heterocycles. The molecule has 0 spiro atoms. The molecule has 2 aromatic rings. The van der Waals surface area contributed by atoms with Gasteiger partial charge in [0.1, 0.15) is 0 Å². The van der Waals surface area contributed by atoms with Crippen LogP contribution in [0.15, 0.2) is 40.9 Å². The molecule has 110 valence electrons. The van der Waals surface area contributed by atoms with Gasteiger partial charge >= 0.3 is 0 Å². The molecule has 0 aliphatic heterocycles. The Bertz CT molecular complexity index is 695. The molecule has 0 aromatic heterocycles. The predicted molar refractivity (Wildman–Crippen MR) is 79.2 cm³/mol. The lowest BCUT2D eigenvalue weighted by molar-refractivity contribution is -0.384. The van der Waals surface area contributed by atoms with Crippen LogP contribution in [0.3, 0.4) is 0 Å². The number of rotatable bonds is 4. The molecule has 1 atom stereocenters. The third kappa shape index (κ3) is 3.18. The van der Waals surface area contributed by atoms with E-state index in [1.165, 1.54) is 0 Å². The van der Waals surface area contributed by atoms with Gasteiger partial charge < -0.3 is 5.32 Å². The van der Waals surface area contributed by atoms with E-state index in [1.54, 1.807) is 25.1 Å². The summed E-state index contributed by atoms with van der Waals surface area (Å²) in [5, 5.41) is 13.6. The van der Waals surface area contributed by atoms with Gasteiger partial charge in [-0.25, -0.2) is 8.78 Å². The molecule has 7 heteroatoms. The van der Waals surface area contributed by atoms with E-state index in [0.717, 1.165) is 22.2 Å². The van der Waals surface area contributed by atoms with Crippen LogP contribution in [-0.2, 0) is 0 Å². The standard InChI is InChI=1S/C14H11BrF2N2O2/c1-8(9-4-2-3-5-10(9)15)18-14-12(19(20)21)7-6-11(16)13(14)17/h2-8,18H,1H3. The molecule has 2 rings (SSSR count). The van der Waals surface area contributed by atoms with Crippen molar-refractivity contribution in [2.45, 2.75) is 13.0 Å². The van der Waals surface area contributed by atoms with E-state index in [1.807, 2.05) is 6.07 Å². The Morgan fingerprint density at radius 1 is 1.24 bits per heavy atom. The third-order valence-electron chi connectivity index (χ3n) is 3.00. The maximum Gasteiger partial charge on any atom is 0.295 e. The molecule has 0 saturated carbocycles. The van der Waals surface area contributed by atoms with Crippen molar-refractivity contribution in [2.75, 3.05) is 5.32 Å². The van der Waals surface area contributed by atoms with Gasteiger partial charge in [0, 0.05) is 16.6 Å². The average Bonchev–Trinajstić information content (AvgIpc) is 2.44. The maximum absolute atomic E-state index is 13.8. The van der Waals surface area contributed by atoms with E-state index in [0.29, 0.717) is 0 Å². The highest BCUT2D eigenvalue weighted by Crippen LogP contribution is 2.33. The fourth-order valence-corrected chi connectivity index (χ4v) is 2.58. The molecule has 1 unspecified atom stereocenters. The average molecular weight is 357 g/mol. The lowest BCUT2D eigenvalue weighted by atomic mass is 10.1. The summed E-state index contributed by atoms with van der Waals surface area (Å²) in [6.07, 6.45) is 0. The number of nitro benzene ring substituents is 1. The van der Waals surface area contributed by atoms with Crippen LogP contribution in [0.25, 0.3) is 0 Å². The summed E-state index contributed by atoms with van der Waals surface area (Å²) in [4.78, 5) is 10.2. The van der Waals surface area contributed by atoms with E-state index in [-0.39, 0.29) is 0 Å². The predicted octanol–water partition coefficient (Wildman–Crippen LogP) is 4.81. The summed E-state index contributed by atoms with van der Waals surface area (Å²) < 4.78 is 27.9. The summed E-state index contributed by atoms with van der Waals surface area (Å²) in [5.74, 6) is -2.40. The second-order valence-electron chi connectivity index (χ2n) is 4.40. The first-order chi connectivity index (χ1) is 9.91. The van der Waals surface area contributed by atoms with Crippen molar-refractivity contribution in [1.82, 2.24) is 0 Å². The Balaban J connectivity index is 2.41. The van der Waals surface area contributed by atoms with Crippen LogP contribution in [0, 0.1) is 21.7 Å². The smallest absolute Gasteiger partial charge is 0.295 e. The second kappa shape index (κ2) is 6.17. The first kappa shape index (κ1) is 15.4. The molecule has 4 nitrogen and oxygen atoms in total. The summed E-state index contributed by atoms with van der Waals surface area (Å²) in [5.41, 5.74) is -0.188. The molecule has 0 bridgehead atoms. The lowest BCUT2D eigenvalue weighted by Crippen LogP contribution is -2.11. The van der Waals surface area contributed by atoms with Crippen molar-refractivity contribution >= 4 is 27.3 Å². The van der Waals surface area contributed by atoms with Crippen molar-refractivity contribution in [2.24, 2.45) is 0 Å². The SMILES string of the molecule is CC(Nc1c([N+](=O)[O-])ccc(F)c1F)c1ccccc1Br. The Hall–Kier alpha value is -2.02. The topological polar surface area (TPSA) is 55.2 Å². The highest BCUT2D eigenvalue weighted by molar-refractivity contribution is 9.10. The molecule has 0 saturated heterocycles. The van der Waals surface area contributed by atoms with E-state index in [4.69, 9.17) is 0 Å². The zero-order valence-corrected chi connectivity index (χ0v) is 12.5. The van der Waals surface area contributed by atoms with E-state index in [9.17, 15) is 18.9 Å². The van der Waals surface area contributed by atoms with Crippen molar-refractivity contribution in [1.29, 1.82) is 0 Å². The molecular weight excluding hydrogens is 346 g/mol. The summed E-state index contributed by atoms with van der Waals surface area (Å²) in [6.45, 7) is 1.70. The van der Waals surface area contributed by atoms with Gasteiger partial charge in [0.15, 0.2) is 17.3 Å². The number of anilines is 1. The van der Waals surface area contributed by atoms with Gasteiger partial charge in [-0.15, -0.1) is 0 Å². The second-order valence-corrected chi connectivity index (χ2v) is 5.25. The first-order valence-electron chi connectivity index (χ1n) is 6.05. The van der Waals surface area contributed by atoms with Crippen LogP contribution in [0.1, 0.15) is 18.5 Å². The van der Waals surface area contributed by atoms with Gasteiger partial charge in [0.25, 0.3) is 5.69 Å². The fraction of sp³-hybridized carbons (Fsp3) is 0.143. The van der Waals surface area contributed by atoms with Crippen LogP contribution in [0.2, 0.25) is 0 Å². The van der Waals surface area contributed by atoms with Crippen LogP contribution in [0.5, 0.6) is 0 Å². The summed E-state index contributed by atoms with van der Waals surface area (Å²) >= 11 is 3.35. The molecule has 0 radical (unpaired) electrons. The van der Waals surface area contributed by atoms with Crippen molar-refractivity contribution < 1.29 is 13.7 Å². The minimum atomic E-state index is -1.26. The van der Waals surface area contributed by atoms with Gasteiger partial charge in [-0.1, -0.05) is 34.1 Å². The van der Waals surface area contributed by atoms with Gasteiger partial charge in [0.2, 0.25) is 0 Å². The summed E-state index contributed by atoms with van der Waals surface area (Å²) in [6, 6.07) is 8.40. The number of nitrogens with one attached hydrogen (secondary N) is 1. The minimum Gasteiger partial charge on any atom is -0.370 e. The van der Waals surface area contributed by atoms with E-state index in [2.05, 4.69) is 21.2 Å². The Labute approximate surface area is 128 Å². The highest BCUT2D eigenvalue weighted by Gasteiger charge is 2.23. The number of halogens is 3. The lowest BCUT2D eigenvalue weighted by Gasteiger charge is -2.17. The third-order valence-corrected chi connectivity index (χ3v) is 3.72. The maximum atomic E-state index is 13.8. The number of hydrogen-bond acceptors (Lipinski definition) is 3. The Kier molecular flexibility index (Phi) is 4.52. The molecule has 0 fully saturated rings. The molecular formula is C14H11BrF2N2O2. The minimum absolute atomic E-state index is 0.449. The van der Waals surface area contributed by atoms with Crippen LogP contribution in [0.4, 0.5) is 20.2 Å². The number of nitro groups is 1. The molecule has 2 aromatic carbocycles. The van der Waals surface area contributed by atoms with Crippen molar-refractivity contribution in [3.05, 3.63) is 68.2 Å². The largest absolute Gasteiger partial charge is 0.370 e. The van der Waals surface area contributed by atoms with Crippen LogP contribution < -0.4 is 5.32 Å². The monoisotopic (exact) mass is 356 g/mol. The molecule has 0 amide bonds. The number of benzene rings is 2. The van der Waals surface area contributed by atoms with Crippen LogP contribution >= 0.6 is 15.9 Å². The van der Waals surface area contributed by atoms with E-state index < -0.39 is 34.0 Å². The fourth-order valence-electron chi connectivity index (χ4n) is 1.95. The van der Waals surface area contributed by atoms with Gasteiger partial charge in [-0.2, -0.15) is 0 Å².